The summed E-state index contributed by atoms with van der Waals surface area (Å²) in [6, 6.07) is 21.6. The average Bonchev–Trinajstić information content (AvgIpc) is 3.32. The molecule has 1 N–H and O–H groups in total. The van der Waals surface area contributed by atoms with Crippen LogP contribution < -0.4 is 0 Å². The van der Waals surface area contributed by atoms with Crippen LogP contribution >= 0.6 is 0 Å². The normalized spacial score (nSPS) is 13.8. The largest absolute Gasteiger partial charge is 0.461 e. The maximum absolute atomic E-state index is 12.9. The number of hydrogen-bond donors (Lipinski definition) is 1. The molecule has 0 radical (unpaired) electrons. The van der Waals surface area contributed by atoms with Crippen LogP contribution in [0.2, 0.25) is 0 Å². The molecule has 2 heterocycles. The SMILES string of the molecule is C[C@H](O)Cn1c(CN2C(=O)c3ccccc3C2=O)nc2cc(CC(=O)OCc3ccccc3)ccc21. The highest BCUT2D eigenvalue weighted by molar-refractivity contribution is 6.21. The number of amides is 2. The van der Waals surface area contributed by atoms with Crippen LogP contribution in [0.25, 0.3) is 11.0 Å². The molecule has 8 heteroatoms. The molecule has 8 nitrogen and oxygen atoms in total. The number of hydrogen-bond acceptors (Lipinski definition) is 6. The minimum Gasteiger partial charge on any atom is -0.461 e. The van der Waals surface area contributed by atoms with E-state index in [4.69, 9.17) is 4.74 Å². The number of ether oxygens (including phenoxy) is 1. The molecule has 2 amide bonds. The first kappa shape index (κ1) is 23.4. The van der Waals surface area contributed by atoms with Crippen molar-refractivity contribution in [2.24, 2.45) is 0 Å². The molecule has 0 unspecified atom stereocenters. The molecule has 1 aliphatic rings. The van der Waals surface area contributed by atoms with E-state index in [1.807, 2.05) is 42.5 Å². The topological polar surface area (TPSA) is 102 Å². The van der Waals surface area contributed by atoms with Gasteiger partial charge in [-0.05, 0) is 42.3 Å². The Morgan fingerprint density at radius 1 is 0.944 bits per heavy atom. The third-order valence-electron chi connectivity index (χ3n) is 6.11. The maximum Gasteiger partial charge on any atom is 0.310 e. The van der Waals surface area contributed by atoms with Crippen LogP contribution in [0.1, 0.15) is 44.6 Å². The van der Waals surface area contributed by atoms with Gasteiger partial charge in [0.15, 0.2) is 0 Å². The fourth-order valence-electron chi connectivity index (χ4n) is 4.40. The quantitative estimate of drug-likeness (QED) is 0.304. The summed E-state index contributed by atoms with van der Waals surface area (Å²) in [5, 5.41) is 10.1. The molecule has 0 fully saturated rings. The van der Waals surface area contributed by atoms with Gasteiger partial charge in [-0.3, -0.25) is 19.3 Å². The van der Waals surface area contributed by atoms with Gasteiger partial charge in [0, 0.05) is 0 Å². The second-order valence-corrected chi connectivity index (χ2v) is 8.88. The van der Waals surface area contributed by atoms with Gasteiger partial charge in [-0.25, -0.2) is 4.98 Å². The summed E-state index contributed by atoms with van der Waals surface area (Å²) in [5.74, 6) is -0.613. The summed E-state index contributed by atoms with van der Waals surface area (Å²) in [7, 11) is 0. The van der Waals surface area contributed by atoms with Gasteiger partial charge in [-0.1, -0.05) is 48.5 Å². The van der Waals surface area contributed by atoms with Crippen molar-refractivity contribution in [2.75, 3.05) is 0 Å². The summed E-state index contributed by atoms with van der Waals surface area (Å²) in [4.78, 5) is 44.0. The molecule has 1 aliphatic heterocycles. The summed E-state index contributed by atoms with van der Waals surface area (Å²) in [5.41, 5.74) is 3.74. The lowest BCUT2D eigenvalue weighted by Crippen LogP contribution is -2.31. The average molecular weight is 484 g/mol. The van der Waals surface area contributed by atoms with E-state index in [-0.39, 0.29) is 43.9 Å². The van der Waals surface area contributed by atoms with Crippen LogP contribution in [0.3, 0.4) is 0 Å². The van der Waals surface area contributed by atoms with Crippen LogP contribution in [0.4, 0.5) is 0 Å². The van der Waals surface area contributed by atoms with Crippen LogP contribution in [-0.2, 0) is 35.6 Å². The molecule has 5 rings (SSSR count). The Hall–Kier alpha value is -4.30. The van der Waals surface area contributed by atoms with E-state index in [1.54, 1.807) is 41.8 Å². The highest BCUT2D eigenvalue weighted by Gasteiger charge is 2.36. The van der Waals surface area contributed by atoms with Gasteiger partial charge in [0.25, 0.3) is 11.8 Å². The number of benzene rings is 3. The number of fused-ring (bicyclic) bond motifs is 2. The van der Waals surface area contributed by atoms with Gasteiger partial charge in [0.2, 0.25) is 0 Å². The van der Waals surface area contributed by atoms with Crippen LogP contribution in [-0.4, -0.2) is 43.4 Å². The lowest BCUT2D eigenvalue weighted by atomic mass is 10.1. The second-order valence-electron chi connectivity index (χ2n) is 8.88. The molecule has 4 aromatic rings. The summed E-state index contributed by atoms with van der Waals surface area (Å²) >= 11 is 0. The van der Waals surface area contributed by atoms with Crippen molar-refractivity contribution in [3.05, 3.63) is 101 Å². The third kappa shape index (κ3) is 4.63. The lowest BCUT2D eigenvalue weighted by molar-refractivity contribution is -0.144. The number of aliphatic hydroxyl groups excluding tert-OH is 1. The van der Waals surface area contributed by atoms with Gasteiger partial charge in [0.05, 0.1) is 47.8 Å². The molecule has 1 atom stereocenters. The fraction of sp³-hybridized carbons (Fsp3) is 0.214. The number of aliphatic hydroxyl groups is 1. The van der Waals surface area contributed by atoms with Crippen LogP contribution in [0.15, 0.2) is 72.8 Å². The van der Waals surface area contributed by atoms with E-state index in [9.17, 15) is 19.5 Å². The van der Waals surface area contributed by atoms with Crippen molar-refractivity contribution in [1.82, 2.24) is 14.5 Å². The second kappa shape index (κ2) is 9.75. The monoisotopic (exact) mass is 483 g/mol. The molecule has 0 aliphatic carbocycles. The minimum atomic E-state index is -0.670. The van der Waals surface area contributed by atoms with Crippen molar-refractivity contribution in [3.8, 4) is 0 Å². The number of imidazole rings is 1. The molecule has 0 saturated carbocycles. The molecular weight excluding hydrogens is 458 g/mol. The predicted molar refractivity (Wildman–Crippen MR) is 132 cm³/mol. The molecule has 3 aromatic carbocycles. The summed E-state index contributed by atoms with van der Waals surface area (Å²) in [6.07, 6.45) is -0.587. The Bertz CT molecular complexity index is 1420. The molecular formula is C28H25N3O5. The van der Waals surface area contributed by atoms with Crippen molar-refractivity contribution >= 4 is 28.8 Å². The molecule has 0 saturated heterocycles. The van der Waals surface area contributed by atoms with Gasteiger partial charge in [-0.15, -0.1) is 0 Å². The molecule has 36 heavy (non-hydrogen) atoms. The number of esters is 1. The van der Waals surface area contributed by atoms with Gasteiger partial charge >= 0.3 is 5.97 Å². The van der Waals surface area contributed by atoms with Gasteiger partial charge in [0.1, 0.15) is 12.4 Å². The maximum atomic E-state index is 12.9. The van der Waals surface area contributed by atoms with E-state index >= 15 is 0 Å². The van der Waals surface area contributed by atoms with Crippen molar-refractivity contribution in [3.63, 3.8) is 0 Å². The Balaban J connectivity index is 1.38. The van der Waals surface area contributed by atoms with E-state index in [0.717, 1.165) is 16.6 Å². The van der Waals surface area contributed by atoms with Crippen LogP contribution in [0, 0.1) is 0 Å². The molecule has 1 aromatic heterocycles. The Morgan fingerprint density at radius 2 is 1.61 bits per heavy atom. The number of rotatable bonds is 8. The van der Waals surface area contributed by atoms with Crippen molar-refractivity contribution in [2.45, 2.75) is 39.1 Å². The van der Waals surface area contributed by atoms with Gasteiger partial charge in [-0.2, -0.15) is 0 Å². The smallest absolute Gasteiger partial charge is 0.310 e. The Morgan fingerprint density at radius 3 is 2.28 bits per heavy atom. The summed E-state index contributed by atoms with van der Waals surface area (Å²) < 4.78 is 7.20. The van der Waals surface area contributed by atoms with E-state index in [2.05, 4.69) is 4.98 Å². The van der Waals surface area contributed by atoms with Gasteiger partial charge < -0.3 is 14.4 Å². The minimum absolute atomic E-state index is 0.0256. The molecule has 0 bridgehead atoms. The summed E-state index contributed by atoms with van der Waals surface area (Å²) in [6.45, 7) is 2.08. The van der Waals surface area contributed by atoms with E-state index < -0.39 is 6.10 Å². The third-order valence-corrected chi connectivity index (χ3v) is 6.11. The number of carbonyl (C=O) groups is 3. The first-order valence-electron chi connectivity index (χ1n) is 11.7. The zero-order valence-electron chi connectivity index (χ0n) is 19.8. The molecule has 182 valence electrons. The van der Waals surface area contributed by atoms with Crippen molar-refractivity contribution < 1.29 is 24.2 Å². The zero-order valence-corrected chi connectivity index (χ0v) is 19.8. The van der Waals surface area contributed by atoms with Crippen LogP contribution in [0.5, 0.6) is 0 Å². The van der Waals surface area contributed by atoms with E-state index in [1.165, 1.54) is 4.90 Å². The number of nitrogens with zero attached hydrogens (tertiary/aromatic N) is 3. The predicted octanol–water partition coefficient (Wildman–Crippen LogP) is 3.50. The number of imide groups is 1. The zero-order chi connectivity index (χ0) is 25.2. The van der Waals surface area contributed by atoms with E-state index in [0.29, 0.717) is 22.5 Å². The Kier molecular flexibility index (Phi) is 6.35. The highest BCUT2D eigenvalue weighted by Crippen LogP contribution is 2.26. The first-order chi connectivity index (χ1) is 17.4. The number of aromatic nitrogens is 2. The first-order valence-corrected chi connectivity index (χ1v) is 11.7. The highest BCUT2D eigenvalue weighted by atomic mass is 16.5. The number of carbonyl (C=O) groups excluding carboxylic acids is 3. The standard InChI is InChI=1S/C28H25N3O5/c1-18(32)15-30-24-12-11-20(14-26(33)36-17-19-7-3-2-4-8-19)13-23(24)29-25(30)16-31-27(34)21-9-5-6-10-22(21)28(31)35/h2-13,18,32H,14-17H2,1H3/t18-/m0/s1. The Labute approximate surface area is 207 Å². The molecule has 0 spiro atoms. The van der Waals surface area contributed by atoms with Crippen molar-refractivity contribution in [1.29, 1.82) is 0 Å². The fourth-order valence-corrected chi connectivity index (χ4v) is 4.40. The lowest BCUT2D eigenvalue weighted by Gasteiger charge is -2.16.